The van der Waals surface area contributed by atoms with Crippen LogP contribution in [0.15, 0.2) is 11.1 Å². The average molecular weight is 237 g/mol. The number of amides is 1. The molecule has 0 bridgehead atoms. The van der Waals surface area contributed by atoms with Gasteiger partial charge in [-0.2, -0.15) is 0 Å². The van der Waals surface area contributed by atoms with E-state index in [9.17, 15) is 9.59 Å². The molecule has 1 amide bonds. The van der Waals surface area contributed by atoms with Gasteiger partial charge in [0.2, 0.25) is 5.91 Å². The fourth-order valence-corrected chi connectivity index (χ4v) is 2.71. The van der Waals surface area contributed by atoms with E-state index in [0.29, 0.717) is 19.5 Å². The topological polar surface area (TPSA) is 57.6 Å². The van der Waals surface area contributed by atoms with Gasteiger partial charge in [-0.25, -0.2) is 0 Å². The number of aliphatic carboxylic acids is 1. The molecule has 94 valence electrons. The minimum atomic E-state index is -0.786. The van der Waals surface area contributed by atoms with Crippen molar-refractivity contribution in [3.63, 3.8) is 0 Å². The summed E-state index contributed by atoms with van der Waals surface area (Å²) in [7, 11) is 0. The highest BCUT2D eigenvalue weighted by Crippen LogP contribution is 2.28. The summed E-state index contributed by atoms with van der Waals surface area (Å²) in [5.74, 6) is -1.11. The van der Waals surface area contributed by atoms with Crippen molar-refractivity contribution in [3.8, 4) is 0 Å². The SMILES string of the molecule is CC(C(=O)N1CC[C@H](C(=O)O)C1)=C1CCCC1. The predicted molar refractivity (Wildman–Crippen MR) is 63.5 cm³/mol. The number of carbonyl (C=O) groups is 2. The van der Waals surface area contributed by atoms with Crippen molar-refractivity contribution in [1.82, 2.24) is 4.90 Å². The molecule has 0 aromatic carbocycles. The van der Waals surface area contributed by atoms with Crippen LogP contribution in [-0.2, 0) is 9.59 Å². The first-order chi connectivity index (χ1) is 8.09. The summed E-state index contributed by atoms with van der Waals surface area (Å²) in [4.78, 5) is 24.7. The number of hydrogen-bond acceptors (Lipinski definition) is 2. The van der Waals surface area contributed by atoms with Crippen LogP contribution < -0.4 is 0 Å². The number of likely N-dealkylation sites (tertiary alicyclic amines) is 1. The van der Waals surface area contributed by atoms with E-state index in [4.69, 9.17) is 5.11 Å². The molecule has 1 atom stereocenters. The fourth-order valence-electron chi connectivity index (χ4n) is 2.71. The summed E-state index contributed by atoms with van der Waals surface area (Å²) < 4.78 is 0. The fraction of sp³-hybridized carbons (Fsp3) is 0.692. The van der Waals surface area contributed by atoms with E-state index in [2.05, 4.69) is 0 Å². The lowest BCUT2D eigenvalue weighted by Gasteiger charge is -2.17. The zero-order valence-electron chi connectivity index (χ0n) is 10.2. The summed E-state index contributed by atoms with van der Waals surface area (Å²) in [5.41, 5.74) is 2.13. The van der Waals surface area contributed by atoms with E-state index in [1.165, 1.54) is 18.4 Å². The molecule has 17 heavy (non-hydrogen) atoms. The highest BCUT2D eigenvalue weighted by molar-refractivity contribution is 5.94. The van der Waals surface area contributed by atoms with Crippen LogP contribution in [0.2, 0.25) is 0 Å². The van der Waals surface area contributed by atoms with Crippen LogP contribution >= 0.6 is 0 Å². The van der Waals surface area contributed by atoms with Crippen molar-refractivity contribution in [2.75, 3.05) is 13.1 Å². The molecule has 0 aromatic heterocycles. The first-order valence-corrected chi connectivity index (χ1v) is 6.30. The Balaban J connectivity index is 2.02. The van der Waals surface area contributed by atoms with E-state index < -0.39 is 5.97 Å². The lowest BCUT2D eigenvalue weighted by molar-refractivity contribution is -0.141. The number of carbonyl (C=O) groups excluding carboxylic acids is 1. The molecule has 0 unspecified atom stereocenters. The Kier molecular flexibility index (Phi) is 3.50. The monoisotopic (exact) mass is 237 g/mol. The Labute approximate surface area is 101 Å². The van der Waals surface area contributed by atoms with E-state index in [0.717, 1.165) is 18.4 Å². The number of carboxylic acids is 1. The molecular formula is C13H19NO3. The summed E-state index contributed by atoms with van der Waals surface area (Å²) in [6.45, 7) is 2.84. The number of nitrogens with zero attached hydrogens (tertiary/aromatic N) is 1. The molecule has 2 aliphatic rings. The smallest absolute Gasteiger partial charge is 0.308 e. The lowest BCUT2D eigenvalue weighted by atomic mass is 10.1. The van der Waals surface area contributed by atoms with Crippen LogP contribution in [-0.4, -0.2) is 35.0 Å². The van der Waals surface area contributed by atoms with Crippen molar-refractivity contribution in [3.05, 3.63) is 11.1 Å². The Morgan fingerprint density at radius 2 is 1.94 bits per heavy atom. The number of allylic oxidation sites excluding steroid dienone is 1. The summed E-state index contributed by atoms with van der Waals surface area (Å²) in [6.07, 6.45) is 5.01. The molecule has 1 heterocycles. The molecule has 1 N–H and O–H groups in total. The molecule has 0 aromatic rings. The molecule has 4 nitrogen and oxygen atoms in total. The van der Waals surface area contributed by atoms with Gasteiger partial charge in [-0.1, -0.05) is 5.57 Å². The highest BCUT2D eigenvalue weighted by atomic mass is 16.4. The predicted octanol–water partition coefficient (Wildman–Crippen LogP) is 1.81. The van der Waals surface area contributed by atoms with Gasteiger partial charge < -0.3 is 10.0 Å². The molecule has 0 spiro atoms. The maximum atomic E-state index is 12.2. The second kappa shape index (κ2) is 4.90. The largest absolute Gasteiger partial charge is 0.481 e. The van der Waals surface area contributed by atoms with Crippen LogP contribution in [0, 0.1) is 5.92 Å². The van der Waals surface area contributed by atoms with Gasteiger partial charge in [-0.3, -0.25) is 9.59 Å². The quantitative estimate of drug-likeness (QED) is 0.745. The van der Waals surface area contributed by atoms with Gasteiger partial charge in [0.25, 0.3) is 0 Å². The number of rotatable bonds is 2. The first kappa shape index (κ1) is 12.1. The summed E-state index contributed by atoms with van der Waals surface area (Å²) >= 11 is 0. The molecule has 4 heteroatoms. The minimum absolute atomic E-state index is 0.0469. The third-order valence-corrected chi connectivity index (χ3v) is 3.88. The summed E-state index contributed by atoms with van der Waals surface area (Å²) in [5, 5.41) is 8.91. The Bertz CT molecular complexity index is 365. The van der Waals surface area contributed by atoms with Crippen LogP contribution in [0.1, 0.15) is 39.0 Å². The van der Waals surface area contributed by atoms with Gasteiger partial charge in [-0.05, 0) is 39.0 Å². The van der Waals surface area contributed by atoms with Gasteiger partial charge in [-0.15, -0.1) is 0 Å². The molecule has 2 rings (SSSR count). The molecule has 1 saturated heterocycles. The van der Waals surface area contributed by atoms with Crippen LogP contribution in [0.5, 0.6) is 0 Å². The van der Waals surface area contributed by atoms with Gasteiger partial charge in [0, 0.05) is 18.7 Å². The third-order valence-electron chi connectivity index (χ3n) is 3.88. The Morgan fingerprint density at radius 1 is 1.29 bits per heavy atom. The Morgan fingerprint density at radius 3 is 2.47 bits per heavy atom. The maximum Gasteiger partial charge on any atom is 0.308 e. The second-order valence-electron chi connectivity index (χ2n) is 5.01. The summed E-state index contributed by atoms with van der Waals surface area (Å²) in [6, 6.07) is 0. The molecule has 1 saturated carbocycles. The van der Waals surface area contributed by atoms with Crippen LogP contribution in [0.4, 0.5) is 0 Å². The normalized spacial score (nSPS) is 24.2. The van der Waals surface area contributed by atoms with Crippen molar-refractivity contribution >= 4 is 11.9 Å². The Hall–Kier alpha value is -1.32. The zero-order chi connectivity index (χ0) is 12.4. The molecule has 1 aliphatic carbocycles. The molecule has 2 fully saturated rings. The zero-order valence-corrected chi connectivity index (χ0v) is 10.2. The van der Waals surface area contributed by atoms with Gasteiger partial charge in [0.1, 0.15) is 0 Å². The molecule has 1 aliphatic heterocycles. The maximum absolute atomic E-state index is 12.2. The van der Waals surface area contributed by atoms with Crippen LogP contribution in [0.25, 0.3) is 0 Å². The van der Waals surface area contributed by atoms with Gasteiger partial charge >= 0.3 is 5.97 Å². The molecular weight excluding hydrogens is 218 g/mol. The van der Waals surface area contributed by atoms with E-state index in [1.54, 1.807) is 4.90 Å². The number of carboxylic acid groups (broad SMARTS) is 1. The van der Waals surface area contributed by atoms with Crippen molar-refractivity contribution in [2.24, 2.45) is 5.92 Å². The van der Waals surface area contributed by atoms with Crippen LogP contribution in [0.3, 0.4) is 0 Å². The second-order valence-corrected chi connectivity index (χ2v) is 5.01. The lowest BCUT2D eigenvalue weighted by Crippen LogP contribution is -2.30. The number of hydrogen-bond donors (Lipinski definition) is 1. The van der Waals surface area contributed by atoms with E-state index >= 15 is 0 Å². The standard InChI is InChI=1S/C13H19NO3/c1-9(10-4-2-3-5-10)12(15)14-7-6-11(8-14)13(16)17/h11H,2-8H2,1H3,(H,16,17)/t11-/m0/s1. The highest BCUT2D eigenvalue weighted by Gasteiger charge is 2.31. The van der Waals surface area contributed by atoms with Gasteiger partial charge in [0.15, 0.2) is 0 Å². The van der Waals surface area contributed by atoms with E-state index in [1.807, 2.05) is 6.92 Å². The first-order valence-electron chi connectivity index (χ1n) is 6.30. The molecule has 0 radical (unpaired) electrons. The van der Waals surface area contributed by atoms with E-state index in [-0.39, 0.29) is 11.8 Å². The van der Waals surface area contributed by atoms with Crippen molar-refractivity contribution < 1.29 is 14.7 Å². The van der Waals surface area contributed by atoms with Crippen molar-refractivity contribution in [1.29, 1.82) is 0 Å². The average Bonchev–Trinajstić information content (AvgIpc) is 2.97. The third kappa shape index (κ3) is 2.51. The minimum Gasteiger partial charge on any atom is -0.481 e. The van der Waals surface area contributed by atoms with Gasteiger partial charge in [0.05, 0.1) is 5.92 Å². The van der Waals surface area contributed by atoms with Crippen molar-refractivity contribution in [2.45, 2.75) is 39.0 Å².